The maximum atomic E-state index is 13.3. The van der Waals surface area contributed by atoms with Crippen LogP contribution in [-0.2, 0) is 4.79 Å². The fourth-order valence-electron chi connectivity index (χ4n) is 2.05. The van der Waals surface area contributed by atoms with Gasteiger partial charge < -0.3 is 10.6 Å². The largest absolute Gasteiger partial charge is 0.322 e. The molecule has 18 heavy (non-hydrogen) atoms. The van der Waals surface area contributed by atoms with Gasteiger partial charge in [-0.25, -0.2) is 4.39 Å². The number of rotatable bonds is 6. The molecule has 0 bridgehead atoms. The molecule has 0 atom stereocenters. The summed E-state index contributed by atoms with van der Waals surface area (Å²) < 4.78 is 13.3. The second-order valence-electron chi connectivity index (χ2n) is 4.79. The predicted octanol–water partition coefficient (Wildman–Crippen LogP) is 2.54. The minimum absolute atomic E-state index is 0.200. The van der Waals surface area contributed by atoms with Crippen LogP contribution >= 0.6 is 0 Å². The minimum atomic E-state index is -0.402. The van der Waals surface area contributed by atoms with Crippen molar-refractivity contribution in [3.05, 3.63) is 30.1 Å². The molecule has 1 aliphatic rings. The quantitative estimate of drug-likeness (QED) is 0.762. The van der Waals surface area contributed by atoms with Gasteiger partial charge in [0.15, 0.2) is 0 Å². The molecule has 1 amide bonds. The van der Waals surface area contributed by atoms with E-state index in [0.717, 1.165) is 18.9 Å². The third kappa shape index (κ3) is 3.81. The van der Waals surface area contributed by atoms with Gasteiger partial charge in [0.1, 0.15) is 5.82 Å². The molecule has 1 saturated carbocycles. The van der Waals surface area contributed by atoms with E-state index in [1.165, 1.54) is 25.3 Å². The van der Waals surface area contributed by atoms with Gasteiger partial charge in [-0.05, 0) is 31.0 Å². The van der Waals surface area contributed by atoms with Crippen molar-refractivity contribution in [1.82, 2.24) is 5.32 Å². The number of anilines is 1. The topological polar surface area (TPSA) is 41.1 Å². The summed E-state index contributed by atoms with van der Waals surface area (Å²) in [6.45, 7) is 1.09. The molecule has 0 radical (unpaired) electrons. The lowest BCUT2D eigenvalue weighted by molar-refractivity contribution is -0.115. The Hall–Kier alpha value is -1.42. The first-order valence-electron chi connectivity index (χ1n) is 6.51. The number of amides is 1. The molecular formula is C14H19FN2O. The average molecular weight is 250 g/mol. The SMILES string of the molecule is O=C(CNCCC1CCC1)Nc1ccccc1F. The van der Waals surface area contributed by atoms with E-state index in [0.29, 0.717) is 0 Å². The van der Waals surface area contributed by atoms with Crippen LogP contribution in [0.1, 0.15) is 25.7 Å². The number of benzene rings is 1. The summed E-state index contributed by atoms with van der Waals surface area (Å²) in [7, 11) is 0. The van der Waals surface area contributed by atoms with Crippen LogP contribution in [0.25, 0.3) is 0 Å². The average Bonchev–Trinajstić information content (AvgIpc) is 2.29. The van der Waals surface area contributed by atoms with Crippen molar-refractivity contribution < 1.29 is 9.18 Å². The number of carbonyl (C=O) groups excluding carboxylic acids is 1. The molecule has 2 rings (SSSR count). The Kier molecular flexibility index (Phi) is 4.70. The predicted molar refractivity (Wildman–Crippen MR) is 69.9 cm³/mol. The van der Waals surface area contributed by atoms with E-state index in [-0.39, 0.29) is 18.1 Å². The number of halogens is 1. The number of para-hydroxylation sites is 1. The summed E-state index contributed by atoms with van der Waals surface area (Å²) >= 11 is 0. The molecule has 1 aromatic carbocycles. The van der Waals surface area contributed by atoms with Gasteiger partial charge in [-0.2, -0.15) is 0 Å². The Morgan fingerprint density at radius 3 is 2.78 bits per heavy atom. The molecule has 0 heterocycles. The number of hydrogen-bond acceptors (Lipinski definition) is 2. The number of hydrogen-bond donors (Lipinski definition) is 2. The zero-order valence-corrected chi connectivity index (χ0v) is 10.4. The maximum absolute atomic E-state index is 13.3. The summed E-state index contributed by atoms with van der Waals surface area (Å²) in [5, 5.41) is 5.64. The maximum Gasteiger partial charge on any atom is 0.238 e. The first-order valence-corrected chi connectivity index (χ1v) is 6.51. The van der Waals surface area contributed by atoms with Crippen molar-refractivity contribution in [1.29, 1.82) is 0 Å². The number of carbonyl (C=O) groups is 1. The van der Waals surface area contributed by atoms with E-state index in [1.807, 2.05) is 0 Å². The van der Waals surface area contributed by atoms with Crippen LogP contribution in [0.2, 0.25) is 0 Å². The molecule has 0 unspecified atom stereocenters. The molecule has 0 saturated heterocycles. The lowest BCUT2D eigenvalue weighted by Gasteiger charge is -2.25. The summed E-state index contributed by atoms with van der Waals surface area (Å²) in [6, 6.07) is 6.19. The Bertz CT molecular complexity index is 405. The fourth-order valence-corrected chi connectivity index (χ4v) is 2.05. The highest BCUT2D eigenvalue weighted by Crippen LogP contribution is 2.28. The Morgan fingerprint density at radius 2 is 2.11 bits per heavy atom. The molecule has 2 N–H and O–H groups in total. The van der Waals surface area contributed by atoms with Crippen molar-refractivity contribution in [2.24, 2.45) is 5.92 Å². The monoisotopic (exact) mass is 250 g/mol. The Morgan fingerprint density at radius 1 is 1.33 bits per heavy atom. The molecule has 3 nitrogen and oxygen atoms in total. The molecule has 1 aliphatic carbocycles. The highest BCUT2D eigenvalue weighted by molar-refractivity contribution is 5.92. The van der Waals surface area contributed by atoms with Gasteiger partial charge in [0.25, 0.3) is 0 Å². The van der Waals surface area contributed by atoms with Crippen LogP contribution in [0.4, 0.5) is 10.1 Å². The van der Waals surface area contributed by atoms with Crippen LogP contribution in [0, 0.1) is 11.7 Å². The van der Waals surface area contributed by atoms with Crippen molar-refractivity contribution in [3.63, 3.8) is 0 Å². The third-order valence-corrected chi connectivity index (χ3v) is 3.39. The highest BCUT2D eigenvalue weighted by Gasteiger charge is 2.16. The lowest BCUT2D eigenvalue weighted by atomic mass is 9.83. The van der Waals surface area contributed by atoms with Crippen LogP contribution in [0.15, 0.2) is 24.3 Å². The van der Waals surface area contributed by atoms with Gasteiger partial charge in [-0.3, -0.25) is 4.79 Å². The molecule has 0 spiro atoms. The van der Waals surface area contributed by atoms with Gasteiger partial charge in [0.05, 0.1) is 12.2 Å². The normalized spacial score (nSPS) is 15.2. The van der Waals surface area contributed by atoms with Crippen LogP contribution in [0.5, 0.6) is 0 Å². The van der Waals surface area contributed by atoms with Gasteiger partial charge in [-0.15, -0.1) is 0 Å². The van der Waals surface area contributed by atoms with Crippen molar-refractivity contribution in [2.45, 2.75) is 25.7 Å². The van der Waals surface area contributed by atoms with Gasteiger partial charge >= 0.3 is 0 Å². The second-order valence-corrected chi connectivity index (χ2v) is 4.79. The fraction of sp³-hybridized carbons (Fsp3) is 0.500. The van der Waals surface area contributed by atoms with Crippen LogP contribution < -0.4 is 10.6 Å². The van der Waals surface area contributed by atoms with E-state index in [1.54, 1.807) is 18.2 Å². The summed E-state index contributed by atoms with van der Waals surface area (Å²) in [6.07, 6.45) is 5.12. The van der Waals surface area contributed by atoms with E-state index in [2.05, 4.69) is 10.6 Å². The van der Waals surface area contributed by atoms with E-state index in [9.17, 15) is 9.18 Å². The van der Waals surface area contributed by atoms with Gasteiger partial charge in [0, 0.05) is 0 Å². The van der Waals surface area contributed by atoms with Crippen LogP contribution in [-0.4, -0.2) is 19.0 Å². The minimum Gasteiger partial charge on any atom is -0.322 e. The molecule has 98 valence electrons. The first-order chi connectivity index (χ1) is 8.75. The highest BCUT2D eigenvalue weighted by atomic mass is 19.1. The number of nitrogens with one attached hydrogen (secondary N) is 2. The van der Waals surface area contributed by atoms with Gasteiger partial charge in [0.2, 0.25) is 5.91 Å². The van der Waals surface area contributed by atoms with Gasteiger partial charge in [-0.1, -0.05) is 31.4 Å². The first kappa shape index (κ1) is 13.0. The molecule has 1 fully saturated rings. The standard InChI is InChI=1S/C14H19FN2O/c15-12-6-1-2-7-13(12)17-14(18)10-16-9-8-11-4-3-5-11/h1-2,6-7,11,16H,3-5,8-10H2,(H,17,18). The molecule has 4 heteroatoms. The zero-order chi connectivity index (χ0) is 12.8. The van der Waals surface area contributed by atoms with E-state index >= 15 is 0 Å². The second kappa shape index (κ2) is 6.50. The Labute approximate surface area is 107 Å². The van der Waals surface area contributed by atoms with Crippen LogP contribution in [0.3, 0.4) is 0 Å². The van der Waals surface area contributed by atoms with Crippen molar-refractivity contribution >= 4 is 11.6 Å². The smallest absolute Gasteiger partial charge is 0.238 e. The molecular weight excluding hydrogens is 231 g/mol. The van der Waals surface area contributed by atoms with E-state index in [4.69, 9.17) is 0 Å². The van der Waals surface area contributed by atoms with E-state index < -0.39 is 5.82 Å². The summed E-state index contributed by atoms with van der Waals surface area (Å²) in [4.78, 5) is 11.6. The zero-order valence-electron chi connectivity index (χ0n) is 10.4. The van der Waals surface area contributed by atoms with Crippen molar-refractivity contribution in [2.75, 3.05) is 18.4 Å². The summed E-state index contributed by atoms with van der Waals surface area (Å²) in [5.74, 6) is 0.237. The summed E-state index contributed by atoms with van der Waals surface area (Å²) in [5.41, 5.74) is 0.239. The molecule has 0 aliphatic heterocycles. The lowest BCUT2D eigenvalue weighted by Crippen LogP contribution is -2.30. The molecule has 0 aromatic heterocycles. The molecule has 1 aromatic rings. The van der Waals surface area contributed by atoms with Crippen molar-refractivity contribution in [3.8, 4) is 0 Å². The Balaban J connectivity index is 1.64. The third-order valence-electron chi connectivity index (χ3n) is 3.39.